The van der Waals surface area contributed by atoms with Crippen LogP contribution in [0.2, 0.25) is 12.6 Å². The highest BCUT2D eigenvalue weighted by Gasteiger charge is 2.30. The van der Waals surface area contributed by atoms with Crippen molar-refractivity contribution < 1.29 is 8.85 Å². The van der Waals surface area contributed by atoms with E-state index in [-0.39, 0.29) is 0 Å². The highest BCUT2D eigenvalue weighted by Crippen LogP contribution is 2.20. The molecule has 0 aliphatic rings. The van der Waals surface area contributed by atoms with Crippen LogP contribution in [0.4, 0.5) is 0 Å². The molecule has 0 aromatic carbocycles. The van der Waals surface area contributed by atoms with E-state index < -0.39 is 8.56 Å². The summed E-state index contributed by atoms with van der Waals surface area (Å²) in [7, 11) is -1.89. The van der Waals surface area contributed by atoms with E-state index in [0.29, 0.717) is 0 Å². The van der Waals surface area contributed by atoms with Gasteiger partial charge in [0, 0.05) is 13.2 Å². The molecule has 0 radical (unpaired) electrons. The SMILES string of the molecule is CCCCCCCCCCCCCCCC[Si](C)(OCCC)OCCC. The molecule has 0 fully saturated rings. The molecule has 0 amide bonds. The summed E-state index contributed by atoms with van der Waals surface area (Å²) in [5.74, 6) is 0. The number of hydrogen-bond donors (Lipinski definition) is 0. The predicted molar refractivity (Wildman–Crippen MR) is 119 cm³/mol. The first kappa shape index (κ1) is 26.1. The first-order valence-corrected chi connectivity index (χ1v) is 14.5. The minimum absolute atomic E-state index is 0.866. The fraction of sp³-hybridized carbons (Fsp3) is 1.00. The highest BCUT2D eigenvalue weighted by atomic mass is 28.4. The van der Waals surface area contributed by atoms with Crippen molar-refractivity contribution in [2.24, 2.45) is 0 Å². The van der Waals surface area contributed by atoms with Gasteiger partial charge in [-0.3, -0.25) is 0 Å². The lowest BCUT2D eigenvalue weighted by molar-refractivity contribution is 0.172. The fourth-order valence-electron chi connectivity index (χ4n) is 3.46. The van der Waals surface area contributed by atoms with E-state index in [1.54, 1.807) is 0 Å². The molecule has 0 bridgehead atoms. The normalized spacial score (nSPS) is 12.0. The maximum Gasteiger partial charge on any atom is 0.334 e. The van der Waals surface area contributed by atoms with Crippen molar-refractivity contribution in [3.8, 4) is 0 Å². The molecule has 0 aromatic rings. The average molecular weight is 387 g/mol. The first-order chi connectivity index (χ1) is 12.7. The van der Waals surface area contributed by atoms with Crippen LogP contribution in [0.5, 0.6) is 0 Å². The largest absolute Gasteiger partial charge is 0.394 e. The second-order valence-corrected chi connectivity index (χ2v) is 11.5. The molecule has 0 rings (SSSR count). The zero-order valence-corrected chi connectivity index (χ0v) is 19.8. The lowest BCUT2D eigenvalue weighted by Crippen LogP contribution is -2.39. The smallest absolute Gasteiger partial charge is 0.334 e. The summed E-state index contributed by atoms with van der Waals surface area (Å²) < 4.78 is 12.2. The van der Waals surface area contributed by atoms with E-state index in [9.17, 15) is 0 Å². The van der Waals surface area contributed by atoms with E-state index in [1.165, 1.54) is 95.9 Å². The third-order valence-electron chi connectivity index (χ3n) is 5.21. The molecule has 0 saturated heterocycles. The van der Waals surface area contributed by atoms with Crippen LogP contribution in [0, 0.1) is 0 Å². The van der Waals surface area contributed by atoms with Gasteiger partial charge >= 0.3 is 8.56 Å². The van der Waals surface area contributed by atoms with Gasteiger partial charge in [-0.2, -0.15) is 0 Å². The van der Waals surface area contributed by atoms with Crippen LogP contribution in [-0.2, 0) is 8.85 Å². The van der Waals surface area contributed by atoms with Crippen LogP contribution in [0.25, 0.3) is 0 Å². The molecule has 2 nitrogen and oxygen atoms in total. The molecule has 0 saturated carbocycles. The van der Waals surface area contributed by atoms with E-state index in [0.717, 1.165) is 26.1 Å². The summed E-state index contributed by atoms with van der Waals surface area (Å²) in [6, 6.07) is 1.17. The molecular weight excluding hydrogens is 336 g/mol. The molecule has 0 N–H and O–H groups in total. The first-order valence-electron chi connectivity index (χ1n) is 12.0. The maximum absolute atomic E-state index is 6.11. The Morgan fingerprint density at radius 2 is 0.808 bits per heavy atom. The topological polar surface area (TPSA) is 18.5 Å². The van der Waals surface area contributed by atoms with Crippen LogP contribution in [0.15, 0.2) is 0 Å². The van der Waals surface area contributed by atoms with Crippen LogP contribution in [-0.4, -0.2) is 21.8 Å². The number of hydrogen-bond acceptors (Lipinski definition) is 2. The minimum atomic E-state index is -1.89. The number of unbranched alkanes of at least 4 members (excludes halogenated alkanes) is 13. The summed E-state index contributed by atoms with van der Waals surface area (Å²) in [6.45, 7) is 10.7. The molecule has 0 atom stereocenters. The fourth-order valence-corrected chi connectivity index (χ4v) is 6.00. The average Bonchev–Trinajstić information content (AvgIpc) is 2.65. The predicted octanol–water partition coefficient (Wildman–Crippen LogP) is 8.39. The Morgan fingerprint density at radius 1 is 0.462 bits per heavy atom. The monoisotopic (exact) mass is 386 g/mol. The van der Waals surface area contributed by atoms with Crippen molar-refractivity contribution in [1.82, 2.24) is 0 Å². The molecular formula is C23H50O2Si. The van der Waals surface area contributed by atoms with Crippen LogP contribution >= 0.6 is 0 Å². The van der Waals surface area contributed by atoms with Gasteiger partial charge in [0.05, 0.1) is 0 Å². The molecule has 158 valence electrons. The van der Waals surface area contributed by atoms with Gasteiger partial charge < -0.3 is 8.85 Å². The zero-order chi connectivity index (χ0) is 19.3. The van der Waals surface area contributed by atoms with E-state index >= 15 is 0 Å². The molecule has 0 aromatic heterocycles. The van der Waals surface area contributed by atoms with Gasteiger partial charge in [-0.15, -0.1) is 0 Å². The molecule has 3 heteroatoms. The molecule has 0 aliphatic heterocycles. The van der Waals surface area contributed by atoms with E-state index in [2.05, 4.69) is 27.3 Å². The van der Waals surface area contributed by atoms with E-state index in [4.69, 9.17) is 8.85 Å². The number of rotatable bonds is 21. The summed E-state index contributed by atoms with van der Waals surface area (Å²) in [4.78, 5) is 0. The third-order valence-corrected chi connectivity index (χ3v) is 8.10. The van der Waals surface area contributed by atoms with Crippen LogP contribution < -0.4 is 0 Å². The summed E-state index contributed by atoms with van der Waals surface area (Å²) in [5, 5.41) is 0. The zero-order valence-electron chi connectivity index (χ0n) is 18.8. The second-order valence-electron chi connectivity index (χ2n) is 8.18. The van der Waals surface area contributed by atoms with Crippen LogP contribution in [0.3, 0.4) is 0 Å². The van der Waals surface area contributed by atoms with Gasteiger partial charge in [-0.1, -0.05) is 111 Å². The summed E-state index contributed by atoms with van der Waals surface area (Å²) >= 11 is 0. The van der Waals surface area contributed by atoms with Crippen molar-refractivity contribution in [2.75, 3.05) is 13.2 Å². The molecule has 0 heterocycles. The Hall–Kier alpha value is 0.137. The lowest BCUT2D eigenvalue weighted by Gasteiger charge is -2.27. The molecule has 26 heavy (non-hydrogen) atoms. The molecule has 0 unspecified atom stereocenters. The Labute approximate surface area is 167 Å². The van der Waals surface area contributed by atoms with Crippen molar-refractivity contribution in [3.05, 3.63) is 0 Å². The van der Waals surface area contributed by atoms with Gasteiger partial charge in [0.1, 0.15) is 0 Å². The Kier molecular flexibility index (Phi) is 20.0. The summed E-state index contributed by atoms with van der Waals surface area (Å²) in [6.07, 6.45) is 22.0. The summed E-state index contributed by atoms with van der Waals surface area (Å²) in [5.41, 5.74) is 0. The Bertz CT molecular complexity index is 263. The van der Waals surface area contributed by atoms with Gasteiger partial charge in [0.15, 0.2) is 0 Å². The maximum atomic E-state index is 6.11. The minimum Gasteiger partial charge on any atom is -0.394 e. The Morgan fingerprint density at radius 3 is 1.15 bits per heavy atom. The van der Waals surface area contributed by atoms with Gasteiger partial charge in [-0.25, -0.2) is 0 Å². The van der Waals surface area contributed by atoms with E-state index in [1.807, 2.05) is 0 Å². The van der Waals surface area contributed by atoms with Crippen molar-refractivity contribution in [1.29, 1.82) is 0 Å². The van der Waals surface area contributed by atoms with Gasteiger partial charge in [0.25, 0.3) is 0 Å². The van der Waals surface area contributed by atoms with Crippen molar-refractivity contribution in [3.63, 3.8) is 0 Å². The third kappa shape index (κ3) is 17.5. The quantitative estimate of drug-likeness (QED) is 0.146. The van der Waals surface area contributed by atoms with Gasteiger partial charge in [-0.05, 0) is 25.4 Å². The molecule has 0 spiro atoms. The molecule has 0 aliphatic carbocycles. The van der Waals surface area contributed by atoms with Crippen LogP contribution in [0.1, 0.15) is 124 Å². The second kappa shape index (κ2) is 19.9. The Balaban J connectivity index is 3.44. The van der Waals surface area contributed by atoms with Crippen molar-refractivity contribution >= 4 is 8.56 Å². The standard InChI is InChI=1S/C23H50O2Si/c1-5-8-9-10-11-12-13-14-15-16-17-18-19-20-23-26(4,24-21-6-2)25-22-7-3/h5-23H2,1-4H3. The highest BCUT2D eigenvalue weighted by molar-refractivity contribution is 6.66. The lowest BCUT2D eigenvalue weighted by atomic mass is 10.0. The van der Waals surface area contributed by atoms with Gasteiger partial charge in [0.2, 0.25) is 0 Å². The van der Waals surface area contributed by atoms with Crippen molar-refractivity contribution in [2.45, 2.75) is 136 Å².